The van der Waals surface area contributed by atoms with E-state index >= 15 is 0 Å². The van der Waals surface area contributed by atoms with Gasteiger partial charge in [0.05, 0.1) is 0 Å². The molecule has 0 atom stereocenters. The second-order valence-electron chi connectivity index (χ2n) is 6.78. The molecule has 1 aliphatic heterocycles. The topological polar surface area (TPSA) is 53.0 Å². The predicted molar refractivity (Wildman–Crippen MR) is 113 cm³/mol. The van der Waals surface area contributed by atoms with Crippen LogP contribution in [0.1, 0.15) is 32.6 Å². The van der Waals surface area contributed by atoms with E-state index in [0.29, 0.717) is 12.1 Å². The summed E-state index contributed by atoms with van der Waals surface area (Å²) in [6.07, 6.45) is 5.14. The van der Waals surface area contributed by atoms with Crippen LogP contribution in [0, 0.1) is 0 Å². The number of carbonyl (C=O) groups is 2. The van der Waals surface area contributed by atoms with Crippen LogP contribution in [0.2, 0.25) is 0 Å². The van der Waals surface area contributed by atoms with Crippen molar-refractivity contribution in [1.29, 1.82) is 0 Å². The summed E-state index contributed by atoms with van der Waals surface area (Å²) in [5, 5.41) is 0. The fraction of sp³-hybridized carbons (Fsp3) is 0.409. The molecule has 0 N–H and O–H groups in total. The fourth-order valence-corrected chi connectivity index (χ4v) is 3.38. The van der Waals surface area contributed by atoms with Gasteiger partial charge in [-0.1, -0.05) is 6.58 Å². The molecule has 0 aromatic heterocycles. The summed E-state index contributed by atoms with van der Waals surface area (Å²) in [5.74, 6) is 0. The summed E-state index contributed by atoms with van der Waals surface area (Å²) < 4.78 is 0. The van der Waals surface area contributed by atoms with E-state index < -0.39 is 0 Å². The van der Waals surface area contributed by atoms with Crippen molar-refractivity contribution in [2.24, 2.45) is 4.99 Å². The number of hydrogen-bond acceptors (Lipinski definition) is 5. The Kier molecular flexibility index (Phi) is 7.53. The van der Waals surface area contributed by atoms with Gasteiger partial charge in [0, 0.05) is 50.7 Å². The molecular weight excluding hydrogens is 338 g/mol. The number of rotatable bonds is 9. The minimum absolute atomic E-state index is 0.514. The Morgan fingerprint density at radius 3 is 2.56 bits per heavy atom. The molecular formula is C22H29N3O2. The number of allylic oxidation sites excluding steroid dienone is 1. The zero-order valence-electron chi connectivity index (χ0n) is 16.6. The molecule has 1 aromatic carbocycles. The van der Waals surface area contributed by atoms with E-state index in [0.717, 1.165) is 73.1 Å². The third kappa shape index (κ3) is 4.94. The number of nitrogens with zero attached hydrogens (tertiary/aromatic N) is 3. The first-order valence-corrected chi connectivity index (χ1v) is 9.37. The maximum Gasteiger partial charge on any atom is 0.168 e. The van der Waals surface area contributed by atoms with Crippen molar-refractivity contribution in [2.45, 2.75) is 32.6 Å². The smallest absolute Gasteiger partial charge is 0.168 e. The lowest BCUT2D eigenvalue weighted by molar-refractivity contribution is -0.108. The minimum Gasteiger partial charge on any atom is -0.375 e. The van der Waals surface area contributed by atoms with Crippen molar-refractivity contribution in [2.75, 3.05) is 37.0 Å². The number of hydrogen-bond donors (Lipinski definition) is 0. The molecule has 0 spiro atoms. The molecule has 0 fully saturated rings. The predicted octanol–water partition coefficient (Wildman–Crippen LogP) is 3.80. The van der Waals surface area contributed by atoms with Crippen molar-refractivity contribution >= 4 is 29.7 Å². The summed E-state index contributed by atoms with van der Waals surface area (Å²) in [6, 6.07) is 8.44. The quantitative estimate of drug-likeness (QED) is 0.378. The Morgan fingerprint density at radius 1 is 1.26 bits per heavy atom. The highest BCUT2D eigenvalue weighted by Gasteiger charge is 2.23. The molecule has 0 unspecified atom stereocenters. The van der Waals surface area contributed by atoms with Crippen LogP contribution in [0.25, 0.3) is 0 Å². The van der Waals surface area contributed by atoms with Gasteiger partial charge in [-0.25, -0.2) is 0 Å². The Morgan fingerprint density at radius 2 is 1.96 bits per heavy atom. The Bertz CT molecular complexity index is 747. The molecule has 1 aliphatic rings. The second kappa shape index (κ2) is 9.86. The van der Waals surface area contributed by atoms with Crippen molar-refractivity contribution in [3.63, 3.8) is 0 Å². The largest absolute Gasteiger partial charge is 0.375 e. The number of benzene rings is 1. The number of aldehydes is 2. The summed E-state index contributed by atoms with van der Waals surface area (Å²) in [7, 11) is 3.72. The van der Waals surface area contributed by atoms with E-state index in [1.807, 2.05) is 6.92 Å². The molecule has 27 heavy (non-hydrogen) atoms. The van der Waals surface area contributed by atoms with Crippen LogP contribution < -0.4 is 9.80 Å². The van der Waals surface area contributed by atoms with Crippen molar-refractivity contribution in [3.8, 4) is 0 Å². The first-order valence-electron chi connectivity index (χ1n) is 9.37. The molecule has 0 saturated heterocycles. The van der Waals surface area contributed by atoms with E-state index in [4.69, 9.17) is 0 Å². The summed E-state index contributed by atoms with van der Waals surface area (Å²) in [5.41, 5.74) is 5.68. The molecule has 1 heterocycles. The van der Waals surface area contributed by atoms with Gasteiger partial charge in [-0.3, -0.25) is 9.79 Å². The van der Waals surface area contributed by atoms with Crippen LogP contribution in [0.5, 0.6) is 0 Å². The SMILES string of the molecule is C=C1C(C)=C(C(C=O)=NC)CCN1c1ccc(N(C)CCCCC=O)cc1. The molecule has 0 saturated carbocycles. The van der Waals surface area contributed by atoms with Gasteiger partial charge < -0.3 is 14.6 Å². The monoisotopic (exact) mass is 367 g/mol. The zero-order chi connectivity index (χ0) is 19.8. The van der Waals surface area contributed by atoms with Crippen LogP contribution in [-0.2, 0) is 9.59 Å². The molecule has 5 heteroatoms. The van der Waals surface area contributed by atoms with Crippen LogP contribution in [0.15, 0.2) is 52.7 Å². The first-order chi connectivity index (χ1) is 13.0. The van der Waals surface area contributed by atoms with E-state index in [9.17, 15) is 9.59 Å². The lowest BCUT2D eigenvalue weighted by atomic mass is 9.94. The summed E-state index contributed by atoms with van der Waals surface area (Å²) in [6.45, 7) is 7.94. The Labute approximate surface area is 162 Å². The van der Waals surface area contributed by atoms with Gasteiger partial charge >= 0.3 is 0 Å². The summed E-state index contributed by atoms with van der Waals surface area (Å²) >= 11 is 0. The molecule has 1 aromatic rings. The number of aliphatic imine (C=N–C) groups is 1. The molecule has 5 nitrogen and oxygen atoms in total. The average Bonchev–Trinajstić information content (AvgIpc) is 2.69. The molecule has 0 radical (unpaired) electrons. The Balaban J connectivity index is 2.08. The van der Waals surface area contributed by atoms with Crippen LogP contribution in [0.4, 0.5) is 11.4 Å². The van der Waals surface area contributed by atoms with Gasteiger partial charge in [-0.2, -0.15) is 0 Å². The minimum atomic E-state index is 0.514. The fourth-order valence-electron chi connectivity index (χ4n) is 3.38. The van der Waals surface area contributed by atoms with Crippen LogP contribution in [0.3, 0.4) is 0 Å². The second-order valence-corrected chi connectivity index (χ2v) is 6.78. The number of anilines is 2. The maximum absolute atomic E-state index is 11.2. The highest BCUT2D eigenvalue weighted by molar-refractivity contribution is 6.36. The molecule has 0 amide bonds. The van der Waals surface area contributed by atoms with E-state index in [1.54, 1.807) is 7.05 Å². The van der Waals surface area contributed by atoms with Crippen molar-refractivity contribution < 1.29 is 9.59 Å². The van der Waals surface area contributed by atoms with Crippen molar-refractivity contribution in [1.82, 2.24) is 0 Å². The molecule has 144 valence electrons. The van der Waals surface area contributed by atoms with Crippen molar-refractivity contribution in [3.05, 3.63) is 47.7 Å². The number of carbonyl (C=O) groups excluding carboxylic acids is 2. The van der Waals surface area contributed by atoms with E-state index in [1.165, 1.54) is 0 Å². The standard InChI is InChI=1S/C22H29N3O2/c1-17-18(2)25(14-12-21(17)22(16-27)23-3)20-10-8-19(9-11-20)24(4)13-6-5-7-15-26/h8-11,15-16H,2,5-7,12-14H2,1,3-4H3. The zero-order valence-corrected chi connectivity index (χ0v) is 16.6. The van der Waals surface area contributed by atoms with Gasteiger partial charge in [0.25, 0.3) is 0 Å². The number of unbranched alkanes of at least 4 members (excludes halogenated alkanes) is 2. The van der Waals surface area contributed by atoms with E-state index in [-0.39, 0.29) is 0 Å². The third-order valence-corrected chi connectivity index (χ3v) is 5.13. The highest BCUT2D eigenvalue weighted by atomic mass is 16.1. The highest BCUT2D eigenvalue weighted by Crippen LogP contribution is 2.32. The first kappa shape index (κ1) is 20.6. The van der Waals surface area contributed by atoms with Crippen LogP contribution in [-0.4, -0.2) is 45.5 Å². The maximum atomic E-state index is 11.2. The van der Waals surface area contributed by atoms with Crippen LogP contribution >= 0.6 is 0 Å². The molecule has 2 rings (SSSR count). The van der Waals surface area contributed by atoms with Gasteiger partial charge in [0.15, 0.2) is 6.29 Å². The third-order valence-electron chi connectivity index (χ3n) is 5.13. The average molecular weight is 367 g/mol. The van der Waals surface area contributed by atoms with Gasteiger partial charge in [0.2, 0.25) is 0 Å². The normalized spacial score (nSPS) is 15.1. The van der Waals surface area contributed by atoms with Gasteiger partial charge in [-0.15, -0.1) is 0 Å². The van der Waals surface area contributed by atoms with Gasteiger partial charge in [-0.05, 0) is 61.6 Å². The lowest BCUT2D eigenvalue weighted by Crippen LogP contribution is -2.30. The van der Waals surface area contributed by atoms with Gasteiger partial charge in [0.1, 0.15) is 12.0 Å². The summed E-state index contributed by atoms with van der Waals surface area (Å²) in [4.78, 5) is 30.1. The lowest BCUT2D eigenvalue weighted by Gasteiger charge is -2.33. The molecule has 0 aliphatic carbocycles. The Hall–Kier alpha value is -2.69. The van der Waals surface area contributed by atoms with E-state index in [2.05, 4.69) is 52.7 Å². The molecule has 0 bridgehead atoms.